The maximum Gasteiger partial charge on any atom is 0.422 e. The third-order valence-electron chi connectivity index (χ3n) is 4.63. The summed E-state index contributed by atoms with van der Waals surface area (Å²) in [6.45, 7) is 0.359. The Morgan fingerprint density at radius 2 is 1.57 bits per heavy atom. The van der Waals surface area contributed by atoms with Crippen LogP contribution in [0.15, 0.2) is 0 Å². The summed E-state index contributed by atoms with van der Waals surface area (Å²) in [5.74, 6) is -4.34. The van der Waals surface area contributed by atoms with Crippen LogP contribution in [0.1, 0.15) is 45.4 Å². The second kappa shape index (κ2) is 4.71. The van der Waals surface area contributed by atoms with Crippen LogP contribution < -0.4 is 0 Å². The van der Waals surface area contributed by atoms with Crippen LogP contribution in [0.5, 0.6) is 0 Å². The van der Waals surface area contributed by atoms with E-state index >= 15 is 0 Å². The zero-order chi connectivity index (χ0) is 16.1. The van der Waals surface area contributed by atoms with Gasteiger partial charge in [-0.05, 0) is 25.2 Å². The number of carbonyl (C=O) groups is 3. The molecule has 2 amide bonds. The smallest absolute Gasteiger partial charge is 0.422 e. The SMILES string of the molecule is CC(C(=O)O)(N1C(=O)CC2(CCCC2)CC1=O)C(F)(F)F. The van der Waals surface area contributed by atoms with E-state index in [1.807, 2.05) is 0 Å². The van der Waals surface area contributed by atoms with E-state index in [9.17, 15) is 27.6 Å². The Morgan fingerprint density at radius 3 is 1.90 bits per heavy atom. The number of nitrogens with zero attached hydrogens (tertiary/aromatic N) is 1. The highest BCUT2D eigenvalue weighted by molar-refractivity contribution is 6.03. The first-order valence-corrected chi connectivity index (χ1v) is 6.70. The van der Waals surface area contributed by atoms with Crippen molar-refractivity contribution in [2.24, 2.45) is 5.41 Å². The Bertz CT molecular complexity index is 476. The minimum Gasteiger partial charge on any atom is -0.479 e. The predicted molar refractivity (Wildman–Crippen MR) is 64.1 cm³/mol. The highest BCUT2D eigenvalue weighted by Crippen LogP contribution is 2.49. The Hall–Kier alpha value is -1.60. The van der Waals surface area contributed by atoms with Gasteiger partial charge < -0.3 is 5.11 Å². The maximum atomic E-state index is 13.1. The summed E-state index contributed by atoms with van der Waals surface area (Å²) in [6.07, 6.45) is -2.73. The summed E-state index contributed by atoms with van der Waals surface area (Å²) < 4.78 is 39.4. The minimum atomic E-state index is -5.23. The molecule has 5 nitrogen and oxygen atoms in total. The third-order valence-corrected chi connectivity index (χ3v) is 4.63. The van der Waals surface area contributed by atoms with Gasteiger partial charge in [-0.2, -0.15) is 13.2 Å². The van der Waals surface area contributed by atoms with Gasteiger partial charge in [-0.15, -0.1) is 0 Å². The molecule has 0 bridgehead atoms. The molecule has 2 rings (SSSR count). The molecule has 0 aromatic carbocycles. The van der Waals surface area contributed by atoms with Crippen LogP contribution in [0.2, 0.25) is 0 Å². The molecule has 1 N–H and O–H groups in total. The molecule has 0 radical (unpaired) electrons. The first kappa shape index (κ1) is 15.8. The van der Waals surface area contributed by atoms with Crippen LogP contribution in [0, 0.1) is 5.41 Å². The van der Waals surface area contributed by atoms with Crippen molar-refractivity contribution in [3.05, 3.63) is 0 Å². The van der Waals surface area contributed by atoms with Gasteiger partial charge in [0, 0.05) is 12.8 Å². The van der Waals surface area contributed by atoms with E-state index in [1.54, 1.807) is 0 Å². The Kier molecular flexibility index (Phi) is 3.54. The van der Waals surface area contributed by atoms with Gasteiger partial charge in [-0.25, -0.2) is 4.79 Å². The standard InChI is InChI=1S/C13H16F3NO4/c1-11(10(20)21,13(14,15)16)17-8(18)6-12(7-9(17)19)4-2-3-5-12/h2-7H2,1H3,(H,20,21). The second-order valence-corrected chi connectivity index (χ2v) is 6.06. The molecule has 1 heterocycles. The molecule has 1 saturated carbocycles. The number of imide groups is 1. The van der Waals surface area contributed by atoms with Crippen molar-refractivity contribution in [1.82, 2.24) is 4.90 Å². The van der Waals surface area contributed by atoms with Crippen LogP contribution in [-0.4, -0.2) is 39.5 Å². The van der Waals surface area contributed by atoms with E-state index < -0.39 is 34.9 Å². The van der Waals surface area contributed by atoms with Crippen molar-refractivity contribution in [3.63, 3.8) is 0 Å². The van der Waals surface area contributed by atoms with Crippen molar-refractivity contribution in [1.29, 1.82) is 0 Å². The first-order valence-electron chi connectivity index (χ1n) is 6.70. The maximum absolute atomic E-state index is 13.1. The van der Waals surface area contributed by atoms with E-state index in [1.165, 1.54) is 0 Å². The monoisotopic (exact) mass is 307 g/mol. The highest BCUT2D eigenvalue weighted by atomic mass is 19.4. The van der Waals surface area contributed by atoms with Gasteiger partial charge in [0.2, 0.25) is 17.4 Å². The van der Waals surface area contributed by atoms with Gasteiger partial charge in [0.1, 0.15) is 0 Å². The van der Waals surface area contributed by atoms with Gasteiger partial charge in [0.05, 0.1) is 0 Å². The van der Waals surface area contributed by atoms with Gasteiger partial charge >= 0.3 is 12.1 Å². The lowest BCUT2D eigenvalue weighted by molar-refractivity contribution is -0.235. The lowest BCUT2D eigenvalue weighted by atomic mass is 9.75. The fourth-order valence-corrected chi connectivity index (χ4v) is 3.32. The number of hydrogen-bond acceptors (Lipinski definition) is 3. The number of rotatable bonds is 2. The number of amides is 2. The fourth-order valence-electron chi connectivity index (χ4n) is 3.32. The summed E-state index contributed by atoms with van der Waals surface area (Å²) >= 11 is 0. The third kappa shape index (κ3) is 2.30. The van der Waals surface area contributed by atoms with Crippen LogP contribution in [0.4, 0.5) is 13.2 Å². The molecule has 2 fully saturated rings. The number of carbonyl (C=O) groups excluding carboxylic acids is 2. The van der Waals surface area contributed by atoms with Gasteiger partial charge in [0.25, 0.3) is 0 Å². The van der Waals surface area contributed by atoms with Crippen molar-refractivity contribution in [2.75, 3.05) is 0 Å². The second-order valence-electron chi connectivity index (χ2n) is 6.06. The zero-order valence-electron chi connectivity index (χ0n) is 11.5. The molecule has 1 aliphatic carbocycles. The first-order chi connectivity index (χ1) is 9.53. The lowest BCUT2D eigenvalue weighted by Crippen LogP contribution is -2.67. The Morgan fingerprint density at radius 1 is 1.14 bits per heavy atom. The van der Waals surface area contributed by atoms with Crippen molar-refractivity contribution in [3.8, 4) is 0 Å². The number of aliphatic carboxylic acids is 1. The van der Waals surface area contributed by atoms with Crippen LogP contribution in [0.25, 0.3) is 0 Å². The normalized spacial score (nSPS) is 25.2. The number of hydrogen-bond donors (Lipinski definition) is 1. The Labute approximate surface area is 119 Å². The Balaban J connectivity index is 2.38. The molecule has 1 spiro atoms. The number of likely N-dealkylation sites (tertiary alicyclic amines) is 1. The molecule has 1 unspecified atom stereocenters. The summed E-state index contributed by atoms with van der Waals surface area (Å²) in [7, 11) is 0. The minimum absolute atomic E-state index is 0.0983. The topological polar surface area (TPSA) is 74.7 Å². The summed E-state index contributed by atoms with van der Waals surface area (Å²) in [4.78, 5) is 35.2. The summed E-state index contributed by atoms with van der Waals surface area (Å²) in [6, 6.07) is 0. The lowest BCUT2D eigenvalue weighted by Gasteiger charge is -2.44. The van der Waals surface area contributed by atoms with E-state index in [4.69, 9.17) is 5.11 Å². The molecule has 8 heteroatoms. The quantitative estimate of drug-likeness (QED) is 0.793. The largest absolute Gasteiger partial charge is 0.479 e. The average molecular weight is 307 g/mol. The molecule has 1 aliphatic heterocycles. The average Bonchev–Trinajstić information content (AvgIpc) is 2.73. The van der Waals surface area contributed by atoms with Crippen LogP contribution in [-0.2, 0) is 14.4 Å². The summed E-state index contributed by atoms with van der Waals surface area (Å²) in [5.41, 5.74) is -4.09. The van der Waals surface area contributed by atoms with Gasteiger partial charge in [-0.1, -0.05) is 12.8 Å². The van der Waals surface area contributed by atoms with Gasteiger partial charge in [-0.3, -0.25) is 14.5 Å². The zero-order valence-corrected chi connectivity index (χ0v) is 11.5. The van der Waals surface area contributed by atoms with E-state index in [-0.39, 0.29) is 17.7 Å². The van der Waals surface area contributed by atoms with Crippen molar-refractivity contribution >= 4 is 17.8 Å². The molecule has 21 heavy (non-hydrogen) atoms. The highest BCUT2D eigenvalue weighted by Gasteiger charge is 2.66. The van der Waals surface area contributed by atoms with E-state index in [0.29, 0.717) is 19.8 Å². The number of carboxylic acids is 1. The van der Waals surface area contributed by atoms with E-state index in [0.717, 1.165) is 12.8 Å². The predicted octanol–water partition coefficient (Wildman–Crippen LogP) is 2.10. The van der Waals surface area contributed by atoms with Crippen LogP contribution >= 0.6 is 0 Å². The van der Waals surface area contributed by atoms with Crippen molar-refractivity contribution < 1.29 is 32.7 Å². The molecule has 0 aromatic rings. The molecule has 2 aliphatic rings. The molecular formula is C13H16F3NO4. The molecule has 1 atom stereocenters. The van der Waals surface area contributed by atoms with E-state index in [2.05, 4.69) is 0 Å². The van der Waals surface area contributed by atoms with Crippen LogP contribution in [0.3, 0.4) is 0 Å². The number of halogens is 3. The summed E-state index contributed by atoms with van der Waals surface area (Å²) in [5, 5.41) is 8.95. The number of carboxylic acid groups (broad SMARTS) is 1. The fraction of sp³-hybridized carbons (Fsp3) is 0.769. The van der Waals surface area contributed by atoms with Gasteiger partial charge in [0.15, 0.2) is 0 Å². The molecular weight excluding hydrogens is 291 g/mol. The number of piperidine rings is 1. The molecule has 118 valence electrons. The molecule has 1 saturated heterocycles. The number of alkyl halides is 3. The molecule has 0 aromatic heterocycles. The van der Waals surface area contributed by atoms with Crippen molar-refractivity contribution in [2.45, 2.75) is 57.2 Å².